The molecule has 0 bridgehead atoms. The molecule has 1 unspecified atom stereocenters. The highest BCUT2D eigenvalue weighted by atomic mass is 32.2. The Bertz CT molecular complexity index is 630. The van der Waals surface area contributed by atoms with Gasteiger partial charge in [0.15, 0.2) is 0 Å². The first kappa shape index (κ1) is 12.5. The lowest BCUT2D eigenvalue weighted by Crippen LogP contribution is -2.12. The lowest BCUT2D eigenvalue weighted by molar-refractivity contribution is 0.0698. The normalized spacial score (nSPS) is 19.1. The predicted octanol–water partition coefficient (Wildman–Crippen LogP) is 2.80. The zero-order valence-corrected chi connectivity index (χ0v) is 11.6. The number of nitrogens with zero attached hydrogens (tertiary/aromatic N) is 2. The van der Waals surface area contributed by atoms with Crippen molar-refractivity contribution in [3.8, 4) is 0 Å². The van der Waals surface area contributed by atoms with Crippen LogP contribution in [0.1, 0.15) is 22.6 Å². The van der Waals surface area contributed by atoms with Gasteiger partial charge in [0.25, 0.3) is 0 Å². The van der Waals surface area contributed by atoms with Crippen LogP contribution < -0.4 is 0 Å². The van der Waals surface area contributed by atoms with Crippen LogP contribution in [0.3, 0.4) is 0 Å². The maximum atomic E-state index is 11.4. The maximum absolute atomic E-state index is 11.4. The molecule has 0 radical (unpaired) electrons. The molecule has 1 N–H and O–H groups in total. The van der Waals surface area contributed by atoms with E-state index in [0.29, 0.717) is 11.5 Å². The number of rotatable bonds is 3. The molecule has 2 heterocycles. The van der Waals surface area contributed by atoms with Gasteiger partial charge in [-0.2, -0.15) is 11.8 Å². The molecule has 4 nitrogen and oxygen atoms in total. The molecule has 1 atom stereocenters. The summed E-state index contributed by atoms with van der Waals surface area (Å²) in [7, 11) is 0. The number of carboxylic acids is 1. The van der Waals surface area contributed by atoms with Crippen LogP contribution in [0.25, 0.3) is 11.0 Å². The molecule has 0 amide bonds. The summed E-state index contributed by atoms with van der Waals surface area (Å²) in [4.78, 5) is 15.9. The van der Waals surface area contributed by atoms with Crippen molar-refractivity contribution in [3.63, 3.8) is 0 Å². The van der Waals surface area contributed by atoms with E-state index in [1.807, 2.05) is 24.8 Å². The topological polar surface area (TPSA) is 55.1 Å². The smallest absolute Gasteiger partial charge is 0.337 e. The average Bonchev–Trinajstić information content (AvgIpc) is 2.98. The van der Waals surface area contributed by atoms with Crippen molar-refractivity contribution < 1.29 is 9.90 Å². The molecule has 0 spiro atoms. The van der Waals surface area contributed by atoms with Crippen LogP contribution in [-0.2, 0) is 6.54 Å². The summed E-state index contributed by atoms with van der Waals surface area (Å²) in [5.74, 6) is 3.02. The van der Waals surface area contributed by atoms with Gasteiger partial charge >= 0.3 is 5.97 Å². The summed E-state index contributed by atoms with van der Waals surface area (Å²) in [6.07, 6.45) is 1.21. The third-order valence-electron chi connectivity index (χ3n) is 3.65. The molecule has 1 aliphatic heterocycles. The standard InChI is InChI=1S/C14H16N2O2S/c1-9-15-12-4-2-3-11(14(17)18)13(12)16(9)7-10-5-6-19-8-10/h2-4,10H,5-8H2,1H3,(H,17,18). The minimum absolute atomic E-state index is 0.351. The van der Waals surface area contributed by atoms with Gasteiger partial charge in [-0.1, -0.05) is 6.07 Å². The summed E-state index contributed by atoms with van der Waals surface area (Å²) in [6.45, 7) is 2.83. The maximum Gasteiger partial charge on any atom is 0.337 e. The van der Waals surface area contributed by atoms with Crippen LogP contribution >= 0.6 is 11.8 Å². The van der Waals surface area contributed by atoms with E-state index in [0.717, 1.165) is 29.2 Å². The van der Waals surface area contributed by atoms with Gasteiger partial charge in [-0.15, -0.1) is 0 Å². The third-order valence-corrected chi connectivity index (χ3v) is 4.88. The molecule has 1 fully saturated rings. The number of carboxylic acid groups (broad SMARTS) is 1. The van der Waals surface area contributed by atoms with Crippen molar-refractivity contribution in [2.45, 2.75) is 19.9 Å². The molecule has 1 aliphatic rings. The van der Waals surface area contributed by atoms with Gasteiger partial charge in [0.05, 0.1) is 16.6 Å². The monoisotopic (exact) mass is 276 g/mol. The number of hydrogen-bond acceptors (Lipinski definition) is 3. The van der Waals surface area contributed by atoms with Gasteiger partial charge in [-0.05, 0) is 42.9 Å². The summed E-state index contributed by atoms with van der Waals surface area (Å²) < 4.78 is 2.08. The fraction of sp³-hybridized carbons (Fsp3) is 0.429. The number of hydrogen-bond donors (Lipinski definition) is 1. The van der Waals surface area contributed by atoms with Gasteiger partial charge < -0.3 is 9.67 Å². The fourth-order valence-electron chi connectivity index (χ4n) is 2.68. The van der Waals surface area contributed by atoms with Gasteiger partial charge in [0.2, 0.25) is 0 Å². The van der Waals surface area contributed by atoms with Gasteiger partial charge in [0.1, 0.15) is 5.82 Å². The van der Waals surface area contributed by atoms with E-state index in [9.17, 15) is 9.90 Å². The molecule has 100 valence electrons. The number of imidazole rings is 1. The summed E-state index contributed by atoms with van der Waals surface area (Å²) in [5.41, 5.74) is 1.90. The second-order valence-electron chi connectivity index (χ2n) is 4.98. The van der Waals surface area contributed by atoms with E-state index in [2.05, 4.69) is 9.55 Å². The first-order valence-electron chi connectivity index (χ1n) is 6.43. The zero-order chi connectivity index (χ0) is 13.4. The Balaban J connectivity index is 2.10. The van der Waals surface area contributed by atoms with E-state index in [1.165, 1.54) is 12.2 Å². The average molecular weight is 276 g/mol. The van der Waals surface area contributed by atoms with Crippen LogP contribution in [0.15, 0.2) is 18.2 Å². The largest absolute Gasteiger partial charge is 0.478 e. The van der Waals surface area contributed by atoms with Crippen LogP contribution in [0.2, 0.25) is 0 Å². The number of aryl methyl sites for hydroxylation is 1. The number of aromatic nitrogens is 2. The minimum atomic E-state index is -0.882. The number of fused-ring (bicyclic) bond motifs is 1. The molecular formula is C14H16N2O2S. The lowest BCUT2D eigenvalue weighted by atomic mass is 10.1. The fourth-order valence-corrected chi connectivity index (χ4v) is 3.96. The van der Waals surface area contributed by atoms with Crippen LogP contribution in [-0.4, -0.2) is 32.1 Å². The van der Waals surface area contributed by atoms with E-state index >= 15 is 0 Å². The van der Waals surface area contributed by atoms with Crippen LogP contribution in [0, 0.1) is 12.8 Å². The Hall–Kier alpha value is -1.49. The van der Waals surface area contributed by atoms with Crippen molar-refractivity contribution in [3.05, 3.63) is 29.6 Å². The van der Waals surface area contributed by atoms with Crippen molar-refractivity contribution in [1.29, 1.82) is 0 Å². The van der Waals surface area contributed by atoms with E-state index in [1.54, 1.807) is 12.1 Å². The lowest BCUT2D eigenvalue weighted by Gasteiger charge is -2.13. The van der Waals surface area contributed by atoms with Gasteiger partial charge in [0, 0.05) is 6.54 Å². The Morgan fingerprint density at radius 3 is 3.11 bits per heavy atom. The Morgan fingerprint density at radius 1 is 1.58 bits per heavy atom. The summed E-state index contributed by atoms with van der Waals surface area (Å²) >= 11 is 1.98. The first-order chi connectivity index (χ1) is 9.16. The molecule has 1 aromatic heterocycles. The van der Waals surface area contributed by atoms with E-state index in [4.69, 9.17) is 0 Å². The van der Waals surface area contributed by atoms with Crippen molar-refractivity contribution >= 4 is 28.8 Å². The predicted molar refractivity (Wildman–Crippen MR) is 76.9 cm³/mol. The summed E-state index contributed by atoms with van der Waals surface area (Å²) in [6, 6.07) is 5.30. The molecule has 1 saturated heterocycles. The third kappa shape index (κ3) is 2.23. The number of benzene rings is 1. The molecule has 19 heavy (non-hydrogen) atoms. The molecule has 0 saturated carbocycles. The minimum Gasteiger partial charge on any atom is -0.478 e. The first-order valence-corrected chi connectivity index (χ1v) is 7.59. The Morgan fingerprint density at radius 2 is 2.42 bits per heavy atom. The van der Waals surface area contributed by atoms with Crippen molar-refractivity contribution in [2.24, 2.45) is 5.92 Å². The van der Waals surface area contributed by atoms with Gasteiger partial charge in [-0.3, -0.25) is 0 Å². The second-order valence-corrected chi connectivity index (χ2v) is 6.13. The molecule has 5 heteroatoms. The molecule has 2 aromatic rings. The number of carbonyl (C=O) groups is 1. The SMILES string of the molecule is Cc1nc2cccc(C(=O)O)c2n1CC1CCSC1. The summed E-state index contributed by atoms with van der Waals surface area (Å²) in [5, 5.41) is 9.33. The molecule has 3 rings (SSSR count). The van der Waals surface area contributed by atoms with Crippen LogP contribution in [0.5, 0.6) is 0 Å². The number of para-hydroxylation sites is 1. The molecule has 0 aliphatic carbocycles. The van der Waals surface area contributed by atoms with E-state index in [-0.39, 0.29) is 0 Å². The number of aromatic carboxylic acids is 1. The van der Waals surface area contributed by atoms with Crippen molar-refractivity contribution in [2.75, 3.05) is 11.5 Å². The van der Waals surface area contributed by atoms with E-state index < -0.39 is 5.97 Å². The van der Waals surface area contributed by atoms with Crippen molar-refractivity contribution in [1.82, 2.24) is 9.55 Å². The quantitative estimate of drug-likeness (QED) is 0.936. The molecule has 1 aromatic carbocycles. The second kappa shape index (κ2) is 4.89. The Kier molecular flexibility index (Phi) is 3.22. The van der Waals surface area contributed by atoms with Gasteiger partial charge in [-0.25, -0.2) is 9.78 Å². The highest BCUT2D eigenvalue weighted by Gasteiger charge is 2.21. The molecular weight excluding hydrogens is 260 g/mol. The Labute approximate surface area is 115 Å². The highest BCUT2D eigenvalue weighted by molar-refractivity contribution is 7.99. The zero-order valence-electron chi connectivity index (χ0n) is 10.8. The van der Waals surface area contributed by atoms with Crippen LogP contribution in [0.4, 0.5) is 0 Å². The highest BCUT2D eigenvalue weighted by Crippen LogP contribution is 2.28. The number of thioether (sulfide) groups is 1.